The quantitative estimate of drug-likeness (QED) is 0.824. The molecule has 1 aromatic rings. The first-order valence-corrected chi connectivity index (χ1v) is 6.55. The first kappa shape index (κ1) is 13.1. The second-order valence-corrected chi connectivity index (χ2v) is 5.73. The molecule has 0 bridgehead atoms. The van der Waals surface area contributed by atoms with Gasteiger partial charge in [-0.15, -0.1) is 0 Å². The average molecular weight is 249 g/mol. The van der Waals surface area contributed by atoms with Crippen LogP contribution in [0.4, 0.5) is 8.78 Å². The van der Waals surface area contributed by atoms with Crippen molar-refractivity contribution >= 4 is 9.84 Å². The predicted molar refractivity (Wildman–Crippen MR) is 56.9 cm³/mol. The molecule has 90 valence electrons. The van der Waals surface area contributed by atoms with Gasteiger partial charge in [0.25, 0.3) is 0 Å². The Labute approximate surface area is 93.2 Å². The van der Waals surface area contributed by atoms with Crippen LogP contribution in [0.3, 0.4) is 0 Å². The Hall–Kier alpha value is -1.01. The third-order valence-corrected chi connectivity index (χ3v) is 3.43. The van der Waals surface area contributed by atoms with Crippen LogP contribution < -0.4 is 5.73 Å². The predicted octanol–water partition coefficient (Wildman–Crippen LogP) is 1.43. The summed E-state index contributed by atoms with van der Waals surface area (Å²) in [5.74, 6) is -2.64. The minimum Gasteiger partial charge on any atom is -0.330 e. The van der Waals surface area contributed by atoms with Gasteiger partial charge in [0.1, 0.15) is 0 Å². The summed E-state index contributed by atoms with van der Waals surface area (Å²) in [5, 5.41) is 0. The van der Waals surface area contributed by atoms with E-state index < -0.39 is 27.4 Å². The number of benzene rings is 1. The van der Waals surface area contributed by atoms with Gasteiger partial charge in [-0.2, -0.15) is 0 Å². The second-order valence-electron chi connectivity index (χ2n) is 3.72. The van der Waals surface area contributed by atoms with Crippen LogP contribution in [0.1, 0.15) is 18.4 Å². The molecular formula is C10H13F2NO2S. The van der Waals surface area contributed by atoms with Gasteiger partial charge in [0.2, 0.25) is 0 Å². The van der Waals surface area contributed by atoms with E-state index in [0.717, 1.165) is 12.3 Å². The van der Waals surface area contributed by atoms with Crippen LogP contribution in [-0.2, 0) is 9.84 Å². The summed E-state index contributed by atoms with van der Waals surface area (Å²) >= 11 is 0. The largest absolute Gasteiger partial charge is 0.330 e. The molecule has 0 saturated carbocycles. The Morgan fingerprint density at radius 1 is 1.38 bits per heavy atom. The molecule has 0 radical (unpaired) electrons. The summed E-state index contributed by atoms with van der Waals surface area (Å²) in [6, 6.07) is 1.81. The van der Waals surface area contributed by atoms with Crippen LogP contribution in [0.15, 0.2) is 17.0 Å². The molecule has 1 atom stereocenters. The van der Waals surface area contributed by atoms with Gasteiger partial charge in [0.15, 0.2) is 21.5 Å². The van der Waals surface area contributed by atoms with Gasteiger partial charge in [-0.1, -0.05) is 6.92 Å². The normalized spacial score (nSPS) is 13.8. The van der Waals surface area contributed by atoms with Crippen molar-refractivity contribution in [1.82, 2.24) is 0 Å². The number of halogens is 2. The Bertz CT molecular complexity index is 500. The van der Waals surface area contributed by atoms with Gasteiger partial charge >= 0.3 is 0 Å². The van der Waals surface area contributed by atoms with E-state index in [-0.39, 0.29) is 17.0 Å². The van der Waals surface area contributed by atoms with Crippen molar-refractivity contribution in [3.05, 3.63) is 29.3 Å². The molecular weight excluding hydrogens is 236 g/mol. The molecule has 0 aromatic heterocycles. The van der Waals surface area contributed by atoms with E-state index in [2.05, 4.69) is 0 Å². The van der Waals surface area contributed by atoms with Crippen molar-refractivity contribution in [3.8, 4) is 0 Å². The van der Waals surface area contributed by atoms with E-state index in [0.29, 0.717) is 6.07 Å². The molecule has 0 amide bonds. The van der Waals surface area contributed by atoms with E-state index in [1.54, 1.807) is 6.92 Å². The molecule has 0 aliphatic rings. The van der Waals surface area contributed by atoms with Gasteiger partial charge in [0.05, 0.1) is 4.90 Å². The van der Waals surface area contributed by atoms with Crippen molar-refractivity contribution < 1.29 is 17.2 Å². The third-order valence-electron chi connectivity index (χ3n) is 2.34. The van der Waals surface area contributed by atoms with Crippen LogP contribution in [0.25, 0.3) is 0 Å². The zero-order valence-electron chi connectivity index (χ0n) is 9.00. The number of sulfone groups is 1. The summed E-state index contributed by atoms with van der Waals surface area (Å²) in [5.41, 5.74) is 5.33. The van der Waals surface area contributed by atoms with Crippen LogP contribution in [0.5, 0.6) is 0 Å². The van der Waals surface area contributed by atoms with Crippen LogP contribution in [-0.4, -0.2) is 21.2 Å². The summed E-state index contributed by atoms with van der Waals surface area (Å²) in [6.45, 7) is 1.72. The van der Waals surface area contributed by atoms with Gasteiger partial charge in [-0.05, 0) is 30.2 Å². The molecule has 0 heterocycles. The Kier molecular flexibility index (Phi) is 3.64. The summed E-state index contributed by atoms with van der Waals surface area (Å²) in [7, 11) is -3.55. The summed E-state index contributed by atoms with van der Waals surface area (Å²) < 4.78 is 49.0. The molecule has 16 heavy (non-hydrogen) atoms. The van der Waals surface area contributed by atoms with E-state index >= 15 is 0 Å². The minimum atomic E-state index is -3.55. The lowest BCUT2D eigenvalue weighted by molar-refractivity contribution is 0.487. The van der Waals surface area contributed by atoms with E-state index in [9.17, 15) is 17.2 Å². The SMILES string of the molecule is CC(CN)c1cc(S(C)(=O)=O)cc(F)c1F. The third kappa shape index (κ3) is 2.56. The molecule has 1 aromatic carbocycles. The van der Waals surface area contributed by atoms with Crippen molar-refractivity contribution in [2.24, 2.45) is 5.73 Å². The molecule has 1 rings (SSSR count). The first-order chi connectivity index (χ1) is 7.27. The standard InChI is InChI=1S/C10H13F2NO2S/c1-6(5-13)8-3-7(16(2,14)15)4-9(11)10(8)12/h3-4,6H,5,13H2,1-2H3. The number of nitrogens with two attached hydrogens (primary N) is 1. The van der Waals surface area contributed by atoms with Crippen LogP contribution in [0, 0.1) is 11.6 Å². The second kappa shape index (κ2) is 4.47. The first-order valence-electron chi connectivity index (χ1n) is 4.66. The molecule has 0 aliphatic carbocycles. The molecule has 6 heteroatoms. The van der Waals surface area contributed by atoms with Crippen molar-refractivity contribution in [3.63, 3.8) is 0 Å². The monoisotopic (exact) mass is 249 g/mol. The highest BCUT2D eigenvalue weighted by atomic mass is 32.2. The smallest absolute Gasteiger partial charge is 0.175 e. The maximum atomic E-state index is 13.4. The topological polar surface area (TPSA) is 60.2 Å². The molecule has 0 spiro atoms. The molecule has 0 fully saturated rings. The van der Waals surface area contributed by atoms with Gasteiger partial charge in [0, 0.05) is 6.26 Å². The highest BCUT2D eigenvalue weighted by molar-refractivity contribution is 7.90. The maximum Gasteiger partial charge on any atom is 0.175 e. The van der Waals surface area contributed by atoms with Crippen molar-refractivity contribution in [1.29, 1.82) is 0 Å². The summed E-state index contributed by atoms with van der Waals surface area (Å²) in [4.78, 5) is -0.235. The zero-order chi connectivity index (χ0) is 12.5. The fraction of sp³-hybridized carbons (Fsp3) is 0.400. The Morgan fingerprint density at radius 3 is 2.38 bits per heavy atom. The minimum absolute atomic E-state index is 0.0112. The zero-order valence-corrected chi connectivity index (χ0v) is 9.81. The van der Waals surface area contributed by atoms with Gasteiger partial charge in [-0.25, -0.2) is 17.2 Å². The van der Waals surface area contributed by atoms with Crippen LogP contribution >= 0.6 is 0 Å². The molecule has 0 saturated heterocycles. The number of rotatable bonds is 3. The lowest BCUT2D eigenvalue weighted by Gasteiger charge is -2.12. The number of hydrogen-bond acceptors (Lipinski definition) is 3. The van der Waals surface area contributed by atoms with E-state index in [4.69, 9.17) is 5.73 Å². The average Bonchev–Trinajstić information content (AvgIpc) is 2.19. The van der Waals surface area contributed by atoms with E-state index in [1.165, 1.54) is 0 Å². The lowest BCUT2D eigenvalue weighted by atomic mass is 10.0. The van der Waals surface area contributed by atoms with Crippen molar-refractivity contribution in [2.45, 2.75) is 17.7 Å². The molecule has 0 aliphatic heterocycles. The Balaban J connectivity index is 3.45. The molecule has 1 unspecified atom stereocenters. The van der Waals surface area contributed by atoms with Gasteiger partial charge < -0.3 is 5.73 Å². The van der Waals surface area contributed by atoms with Crippen LogP contribution in [0.2, 0.25) is 0 Å². The van der Waals surface area contributed by atoms with Crippen molar-refractivity contribution in [2.75, 3.05) is 12.8 Å². The fourth-order valence-electron chi connectivity index (χ4n) is 1.28. The van der Waals surface area contributed by atoms with Gasteiger partial charge in [-0.3, -0.25) is 0 Å². The number of hydrogen-bond donors (Lipinski definition) is 1. The molecule has 3 nitrogen and oxygen atoms in total. The van der Waals surface area contributed by atoms with E-state index in [1.807, 2.05) is 0 Å². The fourth-order valence-corrected chi connectivity index (χ4v) is 1.94. The summed E-state index contributed by atoms with van der Waals surface area (Å²) in [6.07, 6.45) is 0.941. The highest BCUT2D eigenvalue weighted by Gasteiger charge is 2.19. The highest BCUT2D eigenvalue weighted by Crippen LogP contribution is 2.24. The lowest BCUT2D eigenvalue weighted by Crippen LogP contribution is -2.12. The Morgan fingerprint density at radius 2 is 1.94 bits per heavy atom. The molecule has 2 N–H and O–H groups in total. The maximum absolute atomic E-state index is 13.4.